The van der Waals surface area contributed by atoms with Gasteiger partial charge in [0, 0.05) is 19.1 Å². The molecular weight excluding hydrogens is 528 g/mol. The highest BCUT2D eigenvalue weighted by Crippen LogP contribution is 2.35. The largest absolute Gasteiger partial charge is 0.497 e. The predicted octanol–water partition coefficient (Wildman–Crippen LogP) is 5.58. The smallest absolute Gasteiger partial charge is 0.410 e. The molecule has 1 heterocycles. The fourth-order valence-corrected chi connectivity index (χ4v) is 6.96. The molecule has 40 heavy (non-hydrogen) atoms. The predicted molar refractivity (Wildman–Crippen MR) is 156 cm³/mol. The summed E-state index contributed by atoms with van der Waals surface area (Å²) in [6, 6.07) is 17.1. The first-order valence-electron chi connectivity index (χ1n) is 14.2. The number of ether oxygens (including phenoxy) is 3. The first-order chi connectivity index (χ1) is 18.9. The zero-order valence-corrected chi connectivity index (χ0v) is 25.2. The molecule has 0 radical (unpaired) electrons. The number of hydrogen-bond donors (Lipinski definition) is 0. The van der Waals surface area contributed by atoms with Crippen LogP contribution in [0.1, 0.15) is 69.9 Å². The fourth-order valence-electron chi connectivity index (χ4n) is 5.84. The van der Waals surface area contributed by atoms with E-state index in [9.17, 15) is 13.2 Å². The van der Waals surface area contributed by atoms with E-state index in [2.05, 4.69) is 24.3 Å². The van der Waals surface area contributed by atoms with Crippen molar-refractivity contribution in [3.63, 3.8) is 0 Å². The minimum Gasteiger partial charge on any atom is -0.497 e. The lowest BCUT2D eigenvalue weighted by Crippen LogP contribution is -2.51. The minimum atomic E-state index is -3.59. The fraction of sp³-hybridized carbons (Fsp3) is 0.581. The van der Waals surface area contributed by atoms with E-state index < -0.39 is 33.8 Å². The van der Waals surface area contributed by atoms with Gasteiger partial charge in [0.2, 0.25) is 10.0 Å². The van der Waals surface area contributed by atoms with Crippen molar-refractivity contribution in [3.05, 3.63) is 65.7 Å². The molecule has 0 spiro atoms. The molecule has 2 fully saturated rings. The third-order valence-electron chi connectivity index (χ3n) is 7.88. The molecule has 2 aromatic rings. The molecule has 9 heteroatoms. The van der Waals surface area contributed by atoms with Crippen molar-refractivity contribution >= 4 is 16.1 Å². The molecule has 0 N–H and O–H groups in total. The van der Waals surface area contributed by atoms with Crippen LogP contribution in [0.15, 0.2) is 54.6 Å². The van der Waals surface area contributed by atoms with Crippen LogP contribution in [0, 0.1) is 0 Å². The summed E-state index contributed by atoms with van der Waals surface area (Å²) in [6.45, 7) is 6.38. The highest BCUT2D eigenvalue weighted by atomic mass is 32.2. The second-order valence-electron chi connectivity index (χ2n) is 12.0. The van der Waals surface area contributed by atoms with Crippen LogP contribution in [0.4, 0.5) is 4.79 Å². The molecule has 1 amide bonds. The number of carbonyl (C=O) groups is 1. The molecule has 0 aromatic heterocycles. The Kier molecular flexibility index (Phi) is 9.80. The van der Waals surface area contributed by atoms with Crippen molar-refractivity contribution in [2.24, 2.45) is 0 Å². The summed E-state index contributed by atoms with van der Waals surface area (Å²) in [7, 11) is -2.00. The Morgan fingerprint density at radius 3 is 2.20 bits per heavy atom. The highest BCUT2D eigenvalue weighted by molar-refractivity contribution is 7.88. The van der Waals surface area contributed by atoms with E-state index in [4.69, 9.17) is 14.2 Å². The standard InChI is InChI=1S/C31H44N2O6S/c1-31(2,3)39-30(34)32-20-19-28(33(40(5,35)36)21-23-11-15-26(37-4)16-12-23)29(32)22-38-27-17-13-25(14-18-27)24-9-7-6-8-10-24/h6-12,15-16,25,27-29H,13-14,17-22H2,1-5H3/t25?,27?,28-,29-/m0/s1. The van der Waals surface area contributed by atoms with Crippen molar-refractivity contribution in [2.75, 3.05) is 26.5 Å². The maximum Gasteiger partial charge on any atom is 0.410 e. The van der Waals surface area contributed by atoms with Gasteiger partial charge in [0.05, 0.1) is 32.1 Å². The minimum absolute atomic E-state index is 0.0787. The molecule has 1 aliphatic carbocycles. The Morgan fingerprint density at radius 2 is 1.62 bits per heavy atom. The molecule has 1 aliphatic heterocycles. The molecule has 4 rings (SSSR count). The van der Waals surface area contributed by atoms with Gasteiger partial charge in [-0.25, -0.2) is 13.2 Å². The van der Waals surface area contributed by atoms with Crippen molar-refractivity contribution in [3.8, 4) is 5.75 Å². The summed E-state index contributed by atoms with van der Waals surface area (Å²) < 4.78 is 45.1. The topological polar surface area (TPSA) is 85.4 Å². The average Bonchev–Trinajstić information content (AvgIpc) is 3.33. The summed E-state index contributed by atoms with van der Waals surface area (Å²) in [4.78, 5) is 14.9. The van der Waals surface area contributed by atoms with Gasteiger partial charge in [-0.15, -0.1) is 0 Å². The lowest BCUT2D eigenvalue weighted by atomic mass is 9.83. The van der Waals surface area contributed by atoms with Crippen LogP contribution in [0.25, 0.3) is 0 Å². The normalized spacial score (nSPS) is 23.8. The zero-order chi connectivity index (χ0) is 28.9. The number of amides is 1. The number of rotatable bonds is 9. The third kappa shape index (κ3) is 7.98. The maximum atomic E-state index is 13.2. The lowest BCUT2D eigenvalue weighted by molar-refractivity contribution is -0.0234. The summed E-state index contributed by atoms with van der Waals surface area (Å²) in [5.41, 5.74) is 1.56. The molecule has 2 aliphatic rings. The van der Waals surface area contributed by atoms with E-state index in [1.165, 1.54) is 16.1 Å². The molecule has 2 atom stereocenters. The first kappa shape index (κ1) is 30.3. The number of likely N-dealkylation sites (tertiary alicyclic amines) is 1. The molecule has 1 saturated heterocycles. The van der Waals surface area contributed by atoms with Crippen molar-refractivity contribution in [1.82, 2.24) is 9.21 Å². The number of nitrogens with zero attached hydrogens (tertiary/aromatic N) is 2. The lowest BCUT2D eigenvalue weighted by Gasteiger charge is -2.36. The number of sulfonamides is 1. The monoisotopic (exact) mass is 572 g/mol. The third-order valence-corrected chi connectivity index (χ3v) is 9.13. The van der Waals surface area contributed by atoms with Gasteiger partial charge < -0.3 is 19.1 Å². The molecule has 8 nitrogen and oxygen atoms in total. The Morgan fingerprint density at radius 1 is 0.975 bits per heavy atom. The van der Waals surface area contributed by atoms with Crippen LogP contribution in [0.5, 0.6) is 5.75 Å². The summed E-state index contributed by atoms with van der Waals surface area (Å²) in [5, 5.41) is 0. The van der Waals surface area contributed by atoms with E-state index in [1.807, 2.05) is 51.1 Å². The number of hydrogen-bond acceptors (Lipinski definition) is 6. The summed E-state index contributed by atoms with van der Waals surface area (Å²) >= 11 is 0. The molecule has 0 unspecified atom stereocenters. The summed E-state index contributed by atoms with van der Waals surface area (Å²) in [6.07, 6.45) is 5.35. The molecule has 0 bridgehead atoms. The van der Waals surface area contributed by atoms with Crippen molar-refractivity contribution < 1.29 is 27.4 Å². The van der Waals surface area contributed by atoms with E-state index >= 15 is 0 Å². The summed E-state index contributed by atoms with van der Waals surface area (Å²) in [5.74, 6) is 1.24. The van der Waals surface area contributed by atoms with Gasteiger partial charge in [-0.05, 0) is 82.1 Å². The zero-order valence-electron chi connectivity index (χ0n) is 24.4. The quantitative estimate of drug-likeness (QED) is 0.390. The van der Waals surface area contributed by atoms with Crippen LogP contribution in [-0.4, -0.2) is 74.0 Å². The van der Waals surface area contributed by atoms with Gasteiger partial charge in [0.15, 0.2) is 0 Å². The van der Waals surface area contributed by atoms with Crippen LogP contribution in [-0.2, 0) is 26.0 Å². The van der Waals surface area contributed by atoms with Crippen LogP contribution >= 0.6 is 0 Å². The number of methoxy groups -OCH3 is 1. The highest BCUT2D eigenvalue weighted by Gasteiger charge is 2.45. The Bertz CT molecular complexity index is 1200. The molecule has 2 aromatic carbocycles. The van der Waals surface area contributed by atoms with Gasteiger partial charge in [0.1, 0.15) is 11.4 Å². The van der Waals surface area contributed by atoms with Crippen LogP contribution in [0.3, 0.4) is 0 Å². The van der Waals surface area contributed by atoms with Crippen LogP contribution in [0.2, 0.25) is 0 Å². The average molecular weight is 573 g/mol. The molecule has 1 saturated carbocycles. The van der Waals surface area contributed by atoms with Crippen LogP contribution < -0.4 is 4.74 Å². The second kappa shape index (κ2) is 12.9. The molecular formula is C31H44N2O6S. The van der Waals surface area contributed by atoms with Gasteiger partial charge >= 0.3 is 6.09 Å². The van der Waals surface area contributed by atoms with Crippen molar-refractivity contribution in [2.45, 2.75) is 89.1 Å². The van der Waals surface area contributed by atoms with E-state index in [0.717, 1.165) is 31.2 Å². The maximum absolute atomic E-state index is 13.2. The van der Waals surface area contributed by atoms with Gasteiger partial charge in [0.25, 0.3) is 0 Å². The Labute approximate surface area is 239 Å². The second-order valence-corrected chi connectivity index (χ2v) is 13.9. The van der Waals surface area contributed by atoms with Gasteiger partial charge in [-0.2, -0.15) is 4.31 Å². The van der Waals surface area contributed by atoms with E-state index in [0.29, 0.717) is 24.6 Å². The van der Waals surface area contributed by atoms with E-state index in [-0.39, 0.29) is 19.3 Å². The SMILES string of the molecule is COc1ccc(CN([C@H]2CCN(C(=O)OC(C)(C)C)[C@H]2COC2CCC(c3ccccc3)CC2)S(C)(=O)=O)cc1. The Balaban J connectivity index is 1.49. The first-order valence-corrected chi connectivity index (χ1v) is 16.1. The van der Waals surface area contributed by atoms with E-state index in [1.54, 1.807) is 12.0 Å². The molecule has 220 valence electrons. The number of carbonyl (C=O) groups excluding carboxylic acids is 1. The van der Waals surface area contributed by atoms with Gasteiger partial charge in [-0.3, -0.25) is 0 Å². The van der Waals surface area contributed by atoms with Crippen molar-refractivity contribution in [1.29, 1.82) is 0 Å². The number of benzene rings is 2. The van der Waals surface area contributed by atoms with Gasteiger partial charge in [-0.1, -0.05) is 42.5 Å². The Hall–Kier alpha value is -2.62.